The smallest absolute Gasteiger partial charge is 0.314 e. The topological polar surface area (TPSA) is 76.4 Å². The van der Waals surface area contributed by atoms with Crippen LogP contribution in [0.4, 0.5) is 4.79 Å². The molecule has 1 aromatic heterocycles. The summed E-state index contributed by atoms with van der Waals surface area (Å²) in [6.07, 6.45) is 2.36. The number of hydrogen-bond acceptors (Lipinski definition) is 4. The van der Waals surface area contributed by atoms with Gasteiger partial charge in [0.2, 0.25) is 0 Å². The maximum Gasteiger partial charge on any atom is 0.314 e. The van der Waals surface area contributed by atoms with Gasteiger partial charge in [-0.05, 0) is 37.5 Å². The van der Waals surface area contributed by atoms with Gasteiger partial charge in [0.25, 0.3) is 0 Å². The van der Waals surface area contributed by atoms with Gasteiger partial charge in [0, 0.05) is 24.9 Å². The van der Waals surface area contributed by atoms with Crippen molar-refractivity contribution in [3.8, 4) is 5.75 Å². The minimum absolute atomic E-state index is 0.0922. The van der Waals surface area contributed by atoms with Crippen molar-refractivity contribution in [2.45, 2.75) is 52.4 Å². The van der Waals surface area contributed by atoms with Crippen molar-refractivity contribution >= 4 is 6.03 Å². The lowest BCUT2D eigenvalue weighted by atomic mass is 9.97. The predicted octanol–water partition coefficient (Wildman–Crippen LogP) is 3.76. The molecule has 1 heterocycles. The molecule has 0 unspecified atom stereocenters. The number of methoxy groups -OCH3 is 1. The largest absolute Gasteiger partial charge is 0.497 e. The lowest BCUT2D eigenvalue weighted by molar-refractivity contribution is 0.241. The summed E-state index contributed by atoms with van der Waals surface area (Å²) in [5, 5.41) is 5.76. The SMILES string of the molecule is COc1ccc(CCNC(=O)NCCCc2oc(C(C)(C)C)nc2C)cc1. The summed E-state index contributed by atoms with van der Waals surface area (Å²) in [5.41, 5.74) is 2.00. The molecule has 148 valence electrons. The maximum absolute atomic E-state index is 11.9. The summed E-state index contributed by atoms with van der Waals surface area (Å²) >= 11 is 0. The Balaban J connectivity index is 1.64. The molecule has 2 N–H and O–H groups in total. The van der Waals surface area contributed by atoms with Crippen LogP contribution < -0.4 is 15.4 Å². The van der Waals surface area contributed by atoms with Crippen molar-refractivity contribution < 1.29 is 13.9 Å². The lowest BCUT2D eigenvalue weighted by Gasteiger charge is -2.12. The first kappa shape index (κ1) is 20.8. The Morgan fingerprint density at radius 1 is 1.11 bits per heavy atom. The number of carbonyl (C=O) groups excluding carboxylic acids is 1. The molecular formula is C21H31N3O3. The van der Waals surface area contributed by atoms with Crippen LogP contribution in [0.1, 0.15) is 50.1 Å². The fourth-order valence-corrected chi connectivity index (χ4v) is 2.61. The third-order valence-electron chi connectivity index (χ3n) is 4.26. The van der Waals surface area contributed by atoms with Gasteiger partial charge >= 0.3 is 6.03 Å². The van der Waals surface area contributed by atoms with E-state index in [1.807, 2.05) is 31.2 Å². The van der Waals surface area contributed by atoms with E-state index in [1.54, 1.807) is 7.11 Å². The number of aromatic nitrogens is 1. The fourth-order valence-electron chi connectivity index (χ4n) is 2.61. The van der Waals surface area contributed by atoms with Crippen molar-refractivity contribution in [3.05, 3.63) is 47.2 Å². The van der Waals surface area contributed by atoms with Crippen LogP contribution >= 0.6 is 0 Å². The molecule has 0 atom stereocenters. The monoisotopic (exact) mass is 373 g/mol. The molecule has 0 bridgehead atoms. The molecule has 2 aromatic rings. The average molecular weight is 373 g/mol. The van der Waals surface area contributed by atoms with Gasteiger partial charge in [-0.1, -0.05) is 32.9 Å². The minimum Gasteiger partial charge on any atom is -0.497 e. The van der Waals surface area contributed by atoms with Gasteiger partial charge in [-0.2, -0.15) is 0 Å². The van der Waals surface area contributed by atoms with Crippen molar-refractivity contribution in [1.29, 1.82) is 0 Å². The predicted molar refractivity (Wildman–Crippen MR) is 106 cm³/mol. The van der Waals surface area contributed by atoms with Gasteiger partial charge in [0.15, 0.2) is 5.89 Å². The standard InChI is InChI=1S/C21H31N3O3/c1-15-18(27-19(24-15)21(2,3)4)7-6-13-22-20(25)23-14-12-16-8-10-17(26-5)11-9-16/h8-11H,6-7,12-14H2,1-5H3,(H2,22,23,25). The molecule has 0 aliphatic heterocycles. The summed E-state index contributed by atoms with van der Waals surface area (Å²) in [6, 6.07) is 7.71. The average Bonchev–Trinajstić information content (AvgIpc) is 3.00. The number of nitrogens with zero attached hydrogens (tertiary/aromatic N) is 1. The van der Waals surface area contributed by atoms with Crippen molar-refractivity contribution in [3.63, 3.8) is 0 Å². The molecule has 0 fully saturated rings. The van der Waals surface area contributed by atoms with Crippen LogP contribution in [0.25, 0.3) is 0 Å². The van der Waals surface area contributed by atoms with Gasteiger partial charge in [-0.15, -0.1) is 0 Å². The van der Waals surface area contributed by atoms with Crippen LogP contribution in [0, 0.1) is 6.92 Å². The Hall–Kier alpha value is -2.50. The van der Waals surface area contributed by atoms with Gasteiger partial charge in [-0.25, -0.2) is 9.78 Å². The normalized spacial score (nSPS) is 11.3. The number of benzene rings is 1. The number of amides is 2. The number of oxazole rings is 1. The Bertz CT molecular complexity index is 730. The zero-order valence-corrected chi connectivity index (χ0v) is 17.0. The number of aryl methyl sites for hydroxylation is 2. The molecule has 0 spiro atoms. The van der Waals surface area contributed by atoms with E-state index in [2.05, 4.69) is 36.4 Å². The summed E-state index contributed by atoms with van der Waals surface area (Å²) in [7, 11) is 1.65. The van der Waals surface area contributed by atoms with E-state index in [1.165, 1.54) is 0 Å². The molecule has 0 saturated carbocycles. The summed E-state index contributed by atoms with van der Waals surface area (Å²) in [6.45, 7) is 9.40. The zero-order chi connectivity index (χ0) is 19.9. The molecule has 0 radical (unpaired) electrons. The second-order valence-electron chi connectivity index (χ2n) is 7.66. The van der Waals surface area contributed by atoms with Crippen LogP contribution in [0.15, 0.2) is 28.7 Å². The third kappa shape index (κ3) is 6.62. The summed E-state index contributed by atoms with van der Waals surface area (Å²) in [4.78, 5) is 16.4. The molecule has 0 saturated heterocycles. The van der Waals surface area contributed by atoms with Gasteiger partial charge in [0.1, 0.15) is 11.5 Å². The second kappa shape index (κ2) is 9.44. The number of ether oxygens (including phenoxy) is 1. The Morgan fingerprint density at radius 3 is 2.37 bits per heavy atom. The first-order valence-electron chi connectivity index (χ1n) is 9.41. The Morgan fingerprint density at radius 2 is 1.78 bits per heavy atom. The number of rotatable bonds is 8. The highest BCUT2D eigenvalue weighted by Crippen LogP contribution is 2.24. The summed E-state index contributed by atoms with van der Waals surface area (Å²) in [5.74, 6) is 2.50. The van der Waals surface area contributed by atoms with E-state index in [0.717, 1.165) is 47.9 Å². The van der Waals surface area contributed by atoms with E-state index < -0.39 is 0 Å². The molecule has 6 nitrogen and oxygen atoms in total. The molecule has 1 aromatic carbocycles. The molecule has 0 aliphatic rings. The Kier molecular flexibility index (Phi) is 7.28. The summed E-state index contributed by atoms with van der Waals surface area (Å²) < 4.78 is 11.0. The van der Waals surface area contributed by atoms with E-state index >= 15 is 0 Å². The van der Waals surface area contributed by atoms with Crippen LogP contribution in [0.3, 0.4) is 0 Å². The third-order valence-corrected chi connectivity index (χ3v) is 4.26. The van der Waals surface area contributed by atoms with Crippen molar-refractivity contribution in [1.82, 2.24) is 15.6 Å². The van der Waals surface area contributed by atoms with E-state index in [4.69, 9.17) is 9.15 Å². The zero-order valence-electron chi connectivity index (χ0n) is 17.0. The van der Waals surface area contributed by atoms with E-state index in [9.17, 15) is 4.79 Å². The molecule has 6 heteroatoms. The fraction of sp³-hybridized carbons (Fsp3) is 0.524. The van der Waals surface area contributed by atoms with Crippen LogP contribution in [0.5, 0.6) is 5.75 Å². The highest BCUT2D eigenvalue weighted by atomic mass is 16.5. The highest BCUT2D eigenvalue weighted by Gasteiger charge is 2.21. The van der Waals surface area contributed by atoms with E-state index in [0.29, 0.717) is 13.1 Å². The second-order valence-corrected chi connectivity index (χ2v) is 7.66. The molecule has 2 amide bonds. The number of nitrogens with one attached hydrogen (secondary N) is 2. The molecule has 2 rings (SSSR count). The van der Waals surface area contributed by atoms with Gasteiger partial charge in [-0.3, -0.25) is 0 Å². The number of hydrogen-bond donors (Lipinski definition) is 2. The van der Waals surface area contributed by atoms with Crippen molar-refractivity contribution in [2.24, 2.45) is 0 Å². The van der Waals surface area contributed by atoms with Crippen LogP contribution in [-0.4, -0.2) is 31.2 Å². The highest BCUT2D eigenvalue weighted by molar-refractivity contribution is 5.73. The quantitative estimate of drug-likeness (QED) is 0.691. The number of urea groups is 1. The lowest BCUT2D eigenvalue weighted by Crippen LogP contribution is -2.37. The van der Waals surface area contributed by atoms with E-state index in [-0.39, 0.29) is 11.4 Å². The molecule has 0 aliphatic carbocycles. The first-order valence-corrected chi connectivity index (χ1v) is 9.41. The molecular weight excluding hydrogens is 342 g/mol. The van der Waals surface area contributed by atoms with Gasteiger partial charge in [0.05, 0.1) is 12.8 Å². The number of carbonyl (C=O) groups is 1. The van der Waals surface area contributed by atoms with Crippen molar-refractivity contribution in [2.75, 3.05) is 20.2 Å². The van der Waals surface area contributed by atoms with Crippen LogP contribution in [-0.2, 0) is 18.3 Å². The van der Waals surface area contributed by atoms with Gasteiger partial charge < -0.3 is 19.8 Å². The van der Waals surface area contributed by atoms with Crippen LogP contribution in [0.2, 0.25) is 0 Å². The Labute approximate surface area is 161 Å². The maximum atomic E-state index is 11.9. The molecule has 27 heavy (non-hydrogen) atoms. The first-order chi connectivity index (χ1) is 12.8. The minimum atomic E-state index is -0.145.